The Morgan fingerprint density at radius 1 is 0.822 bits per heavy atom. The molecule has 3 aromatic rings. The fourth-order valence-electron chi connectivity index (χ4n) is 7.43. The van der Waals surface area contributed by atoms with Gasteiger partial charge in [0.2, 0.25) is 0 Å². The number of ketones is 1. The molecule has 0 fully saturated rings. The molecular formula is C38H44O6Si. The van der Waals surface area contributed by atoms with Gasteiger partial charge >= 0.3 is 0 Å². The second-order valence-corrected chi connectivity index (χ2v) is 16.0. The number of carbonyl (C=O) groups excluding carboxylic acids is 3. The average molecular weight is 625 g/mol. The maximum atomic E-state index is 14.4. The van der Waals surface area contributed by atoms with Gasteiger partial charge in [0, 0.05) is 11.0 Å². The molecule has 0 bridgehead atoms. The molecule has 236 valence electrons. The maximum Gasteiger partial charge on any atom is 0.199 e. The molecule has 1 aliphatic carbocycles. The molecule has 0 heterocycles. The van der Waals surface area contributed by atoms with Crippen LogP contribution in [0.5, 0.6) is 0 Å². The van der Waals surface area contributed by atoms with Crippen LogP contribution in [0.4, 0.5) is 0 Å². The molecule has 0 aromatic heterocycles. The molecule has 0 aliphatic heterocycles. The maximum absolute atomic E-state index is 14.4. The van der Waals surface area contributed by atoms with Crippen LogP contribution in [0.2, 0.25) is 5.04 Å². The molecule has 0 N–H and O–H groups in total. The average Bonchev–Trinajstić information content (AvgIpc) is 3.07. The molecule has 0 radical (unpaired) electrons. The van der Waals surface area contributed by atoms with Crippen molar-refractivity contribution >= 4 is 42.0 Å². The Labute approximate surface area is 268 Å². The predicted octanol–water partition coefficient (Wildman–Crippen LogP) is 5.51. The Morgan fingerprint density at radius 2 is 1.31 bits per heavy atom. The van der Waals surface area contributed by atoms with Crippen molar-refractivity contribution < 1.29 is 28.6 Å². The smallest absolute Gasteiger partial charge is 0.199 e. The lowest BCUT2D eigenvalue weighted by atomic mass is 9.64. The van der Waals surface area contributed by atoms with Gasteiger partial charge in [-0.3, -0.25) is 9.59 Å². The minimum Gasteiger partial charge on any atom is -0.497 e. The van der Waals surface area contributed by atoms with Crippen molar-refractivity contribution in [2.24, 2.45) is 11.3 Å². The van der Waals surface area contributed by atoms with E-state index in [4.69, 9.17) is 14.2 Å². The first-order valence-corrected chi connectivity index (χ1v) is 17.6. The predicted molar refractivity (Wildman–Crippen MR) is 180 cm³/mol. The zero-order chi connectivity index (χ0) is 32.7. The standard InChI is InChI=1S/C38H44O6Si/c1-7-9-25-44-34-32(26-39)33(28(3)41)38(37(4,5)27-40,36(42-6)35(34)43-8-2)45(29-19-13-10-14-20-29,30-21-15-11-16-22-30)31-23-17-12-18-24-31/h10-24,26-27,33H,7-9,25H2,1-6H3. The van der Waals surface area contributed by atoms with E-state index in [1.54, 1.807) is 7.11 Å². The van der Waals surface area contributed by atoms with Crippen LogP contribution in [-0.2, 0) is 28.6 Å². The summed E-state index contributed by atoms with van der Waals surface area (Å²) in [5.41, 5.74) is -1.12. The molecule has 7 heteroatoms. The lowest BCUT2D eigenvalue weighted by molar-refractivity contribution is -0.126. The molecule has 2 unspecified atom stereocenters. The summed E-state index contributed by atoms with van der Waals surface area (Å²) in [4.78, 5) is 41.6. The molecule has 0 saturated carbocycles. The summed E-state index contributed by atoms with van der Waals surface area (Å²) < 4.78 is 19.2. The molecule has 4 rings (SSSR count). The van der Waals surface area contributed by atoms with E-state index in [-0.39, 0.29) is 29.5 Å². The quantitative estimate of drug-likeness (QED) is 0.0962. The Balaban J connectivity index is 2.43. The molecule has 0 saturated heterocycles. The highest BCUT2D eigenvalue weighted by molar-refractivity contribution is 7.14. The van der Waals surface area contributed by atoms with Crippen LogP contribution in [0.1, 0.15) is 47.5 Å². The van der Waals surface area contributed by atoms with E-state index >= 15 is 0 Å². The lowest BCUT2D eigenvalue weighted by Gasteiger charge is -2.60. The Kier molecular flexibility index (Phi) is 10.7. The van der Waals surface area contributed by atoms with Crippen molar-refractivity contribution in [3.63, 3.8) is 0 Å². The van der Waals surface area contributed by atoms with Gasteiger partial charge < -0.3 is 19.0 Å². The van der Waals surface area contributed by atoms with E-state index in [1.165, 1.54) is 6.92 Å². The van der Waals surface area contributed by atoms with E-state index in [2.05, 4.69) is 43.3 Å². The van der Waals surface area contributed by atoms with E-state index in [0.717, 1.165) is 34.7 Å². The van der Waals surface area contributed by atoms with E-state index in [0.29, 0.717) is 18.7 Å². The zero-order valence-electron chi connectivity index (χ0n) is 27.2. The van der Waals surface area contributed by atoms with Crippen molar-refractivity contribution in [3.8, 4) is 0 Å². The molecule has 0 spiro atoms. The number of benzene rings is 3. The van der Waals surface area contributed by atoms with E-state index in [1.807, 2.05) is 75.4 Å². The summed E-state index contributed by atoms with van der Waals surface area (Å²) in [6.45, 7) is 9.66. The molecule has 6 nitrogen and oxygen atoms in total. The highest BCUT2D eigenvalue weighted by Gasteiger charge is 2.73. The number of allylic oxidation sites excluding steroid dienone is 2. The third-order valence-electron chi connectivity index (χ3n) is 9.07. The Hall–Kier alpha value is -4.23. The van der Waals surface area contributed by atoms with Gasteiger partial charge in [-0.05, 0) is 35.8 Å². The van der Waals surface area contributed by atoms with Crippen molar-refractivity contribution in [2.45, 2.75) is 52.5 Å². The zero-order valence-corrected chi connectivity index (χ0v) is 28.2. The van der Waals surface area contributed by atoms with Crippen molar-refractivity contribution in [2.75, 3.05) is 20.3 Å². The highest BCUT2D eigenvalue weighted by atomic mass is 28.3. The molecular weight excluding hydrogens is 580 g/mol. The van der Waals surface area contributed by atoms with Gasteiger partial charge in [-0.2, -0.15) is 0 Å². The summed E-state index contributed by atoms with van der Waals surface area (Å²) in [5, 5.41) is 1.42. The third-order valence-corrected chi connectivity index (χ3v) is 15.0. The van der Waals surface area contributed by atoms with Crippen LogP contribution in [0, 0.1) is 11.3 Å². The molecule has 45 heavy (non-hydrogen) atoms. The first-order chi connectivity index (χ1) is 21.7. The number of hydrogen-bond donors (Lipinski definition) is 0. The highest BCUT2D eigenvalue weighted by Crippen LogP contribution is 2.67. The number of methoxy groups -OCH3 is 1. The van der Waals surface area contributed by atoms with Gasteiger partial charge in [0.15, 0.2) is 25.9 Å². The lowest BCUT2D eigenvalue weighted by Crippen LogP contribution is -2.79. The van der Waals surface area contributed by atoms with Crippen LogP contribution < -0.4 is 15.6 Å². The monoisotopic (exact) mass is 624 g/mol. The number of rotatable bonds is 15. The third kappa shape index (κ3) is 5.37. The topological polar surface area (TPSA) is 78.9 Å². The summed E-state index contributed by atoms with van der Waals surface area (Å²) in [6.07, 6.45) is 3.24. The van der Waals surface area contributed by atoms with Crippen molar-refractivity contribution in [1.82, 2.24) is 0 Å². The molecule has 2 atom stereocenters. The second kappa shape index (κ2) is 14.2. The van der Waals surface area contributed by atoms with Gasteiger partial charge in [0.05, 0.1) is 31.3 Å². The summed E-state index contributed by atoms with van der Waals surface area (Å²) in [7, 11) is -2.15. The minimum atomic E-state index is -3.70. The van der Waals surface area contributed by atoms with Crippen LogP contribution in [0.25, 0.3) is 0 Å². The fraction of sp³-hybridized carbons (Fsp3) is 0.342. The Bertz CT molecular complexity index is 1450. The second-order valence-electron chi connectivity index (χ2n) is 11.9. The van der Waals surface area contributed by atoms with Crippen LogP contribution >= 0.6 is 0 Å². The normalized spacial score (nSPS) is 18.8. The minimum absolute atomic E-state index is 0.164. The van der Waals surface area contributed by atoms with Gasteiger partial charge in [0.1, 0.15) is 17.8 Å². The number of hydrogen-bond acceptors (Lipinski definition) is 6. The fourth-order valence-corrected chi connectivity index (χ4v) is 14.2. The van der Waals surface area contributed by atoms with Crippen LogP contribution in [0.15, 0.2) is 114 Å². The summed E-state index contributed by atoms with van der Waals surface area (Å²) in [6, 6.07) is 30.1. The van der Waals surface area contributed by atoms with Gasteiger partial charge in [-0.15, -0.1) is 0 Å². The number of carbonyl (C=O) groups is 3. The van der Waals surface area contributed by atoms with Crippen LogP contribution in [-0.4, -0.2) is 46.8 Å². The Morgan fingerprint density at radius 3 is 1.67 bits per heavy atom. The van der Waals surface area contributed by atoms with Gasteiger partial charge in [0.25, 0.3) is 0 Å². The molecule has 0 amide bonds. The number of unbranched alkanes of at least 4 members (excludes halogenated alkanes) is 1. The number of ether oxygens (including phenoxy) is 3. The molecule has 1 aliphatic rings. The number of Topliss-reactive ketones (excluding diaryl/α,β-unsaturated/α-hetero) is 1. The van der Waals surface area contributed by atoms with Crippen molar-refractivity contribution in [3.05, 3.63) is 114 Å². The van der Waals surface area contributed by atoms with E-state index < -0.39 is 24.4 Å². The van der Waals surface area contributed by atoms with E-state index in [9.17, 15) is 14.4 Å². The largest absolute Gasteiger partial charge is 0.497 e. The van der Waals surface area contributed by atoms with Gasteiger partial charge in [-0.25, -0.2) is 0 Å². The first-order valence-electron chi connectivity index (χ1n) is 15.6. The SMILES string of the molecule is CCCCOC1=C(C=O)C(C(C)=O)C(C(C)(C)C=O)([Si](c2ccccc2)(c2ccccc2)c2ccccc2)C(OC)=C1OCC. The summed E-state index contributed by atoms with van der Waals surface area (Å²) >= 11 is 0. The van der Waals surface area contributed by atoms with Crippen molar-refractivity contribution in [1.29, 1.82) is 0 Å². The van der Waals surface area contributed by atoms with Crippen LogP contribution in [0.3, 0.4) is 0 Å². The number of aldehydes is 2. The summed E-state index contributed by atoms with van der Waals surface area (Å²) in [5.74, 6) is -0.592. The first kappa shape index (κ1) is 33.7. The van der Waals surface area contributed by atoms with Gasteiger partial charge in [-0.1, -0.05) is 118 Å². The molecule has 3 aromatic carbocycles.